The number of Topliss-reactive ketones (excluding diaryl/α,β-unsaturated/α-hetero) is 1. The molecule has 1 aromatic carbocycles. The number of nitrogens with zero attached hydrogens (tertiary/aromatic N) is 1. The summed E-state index contributed by atoms with van der Waals surface area (Å²) in [5.74, 6) is 0.0763. The Morgan fingerprint density at radius 3 is 2.92 bits per heavy atom. The first-order valence-electron chi connectivity index (χ1n) is 3.67. The minimum absolute atomic E-state index is 0. The van der Waals surface area contributed by atoms with Crippen molar-refractivity contribution in [3.8, 4) is 0 Å². The van der Waals surface area contributed by atoms with Crippen LogP contribution in [0, 0.1) is 0 Å². The van der Waals surface area contributed by atoms with Crippen LogP contribution in [0.2, 0.25) is 0 Å². The lowest BCUT2D eigenvalue weighted by Gasteiger charge is -1.99. The average molecular weight is 214 g/mol. The molecule has 13 heavy (non-hydrogen) atoms. The number of fused-ring (bicyclic) bond motifs is 1. The number of halogens is 1. The van der Waals surface area contributed by atoms with E-state index in [-0.39, 0.29) is 18.2 Å². The molecule has 0 atom stereocenters. The zero-order valence-electron chi connectivity index (χ0n) is 6.77. The molecular weight excluding hydrogens is 206 g/mol. The summed E-state index contributed by atoms with van der Waals surface area (Å²) in [6, 6.07) is 7.85. The van der Waals surface area contributed by atoms with E-state index in [4.69, 9.17) is 0 Å². The van der Waals surface area contributed by atoms with Crippen LogP contribution in [0.1, 0.15) is 5.56 Å². The first kappa shape index (κ1) is 10.3. The quantitative estimate of drug-likeness (QED) is 0.619. The molecule has 0 aromatic heterocycles. The zero-order valence-corrected chi connectivity index (χ0v) is 8.40. The van der Waals surface area contributed by atoms with Crippen LogP contribution in [-0.2, 0) is 11.2 Å². The summed E-state index contributed by atoms with van der Waals surface area (Å²) >= 11 is 1.36. The number of hydrogen-bond donors (Lipinski definition) is 0. The second-order valence-corrected chi connectivity index (χ2v) is 3.41. The van der Waals surface area contributed by atoms with E-state index in [0.29, 0.717) is 6.42 Å². The smallest absolute Gasteiger partial charge is 0.178 e. The molecule has 0 bridgehead atoms. The van der Waals surface area contributed by atoms with Gasteiger partial charge >= 0.3 is 0 Å². The fraction of sp³-hybridized carbons (Fsp3) is 0.111. The number of benzene rings is 1. The highest BCUT2D eigenvalue weighted by Crippen LogP contribution is 2.25. The van der Waals surface area contributed by atoms with Crippen molar-refractivity contribution in [3.63, 3.8) is 0 Å². The van der Waals surface area contributed by atoms with Gasteiger partial charge in [0, 0.05) is 23.3 Å². The summed E-state index contributed by atoms with van der Waals surface area (Å²) in [7, 11) is 0. The zero-order chi connectivity index (χ0) is 8.39. The Bertz CT molecular complexity index is 351. The first-order chi connectivity index (χ1) is 5.86. The third-order valence-electron chi connectivity index (χ3n) is 1.69. The molecule has 0 spiro atoms. The lowest BCUT2D eigenvalue weighted by molar-refractivity contribution is -0.112. The van der Waals surface area contributed by atoms with Gasteiger partial charge in [-0.05, 0) is 11.6 Å². The summed E-state index contributed by atoms with van der Waals surface area (Å²) in [6.07, 6.45) is 1.87. The van der Waals surface area contributed by atoms with Gasteiger partial charge in [0.15, 0.2) is 5.78 Å². The fourth-order valence-corrected chi connectivity index (χ4v) is 1.79. The SMILES string of the molecule is Cl.O=C1C=NSc2ccccc2C1. The van der Waals surface area contributed by atoms with Gasteiger partial charge in [0.25, 0.3) is 0 Å². The molecule has 0 radical (unpaired) electrons. The lowest BCUT2D eigenvalue weighted by Crippen LogP contribution is -2.01. The highest BCUT2D eigenvalue weighted by atomic mass is 35.5. The van der Waals surface area contributed by atoms with Crippen LogP contribution in [0.15, 0.2) is 33.6 Å². The van der Waals surface area contributed by atoms with E-state index in [2.05, 4.69) is 4.40 Å². The van der Waals surface area contributed by atoms with Crippen LogP contribution < -0.4 is 0 Å². The van der Waals surface area contributed by atoms with Crippen LogP contribution in [-0.4, -0.2) is 12.0 Å². The summed E-state index contributed by atoms with van der Waals surface area (Å²) in [5.41, 5.74) is 1.07. The summed E-state index contributed by atoms with van der Waals surface area (Å²) in [4.78, 5) is 12.2. The molecule has 1 aliphatic rings. The summed E-state index contributed by atoms with van der Waals surface area (Å²) in [5, 5.41) is 0. The molecule has 0 aliphatic carbocycles. The maximum atomic E-state index is 11.1. The average Bonchev–Trinajstić information content (AvgIpc) is 2.25. The maximum Gasteiger partial charge on any atom is 0.178 e. The Morgan fingerprint density at radius 1 is 1.31 bits per heavy atom. The van der Waals surface area contributed by atoms with Crippen molar-refractivity contribution in [3.05, 3.63) is 29.8 Å². The molecule has 0 saturated heterocycles. The summed E-state index contributed by atoms with van der Waals surface area (Å²) in [6.45, 7) is 0. The molecule has 4 heteroatoms. The van der Waals surface area contributed by atoms with Crippen molar-refractivity contribution in [2.45, 2.75) is 11.3 Å². The van der Waals surface area contributed by atoms with E-state index in [1.54, 1.807) is 0 Å². The topological polar surface area (TPSA) is 29.4 Å². The molecule has 0 unspecified atom stereocenters. The molecule has 2 nitrogen and oxygen atoms in total. The van der Waals surface area contributed by atoms with Crippen LogP contribution in [0.5, 0.6) is 0 Å². The van der Waals surface area contributed by atoms with Crippen LogP contribution in [0.25, 0.3) is 0 Å². The molecule has 1 aliphatic heterocycles. The number of carbonyl (C=O) groups excluding carboxylic acids is 1. The van der Waals surface area contributed by atoms with E-state index in [1.165, 1.54) is 18.2 Å². The Hall–Kier alpha value is -0.800. The van der Waals surface area contributed by atoms with E-state index < -0.39 is 0 Å². The van der Waals surface area contributed by atoms with Crippen LogP contribution in [0.3, 0.4) is 0 Å². The molecule has 0 amide bonds. The molecule has 68 valence electrons. The van der Waals surface area contributed by atoms with Crippen molar-refractivity contribution in [1.29, 1.82) is 0 Å². The van der Waals surface area contributed by atoms with Crippen molar-refractivity contribution in [2.75, 3.05) is 0 Å². The molecular formula is C9H8ClNOS. The molecule has 1 heterocycles. The highest BCUT2D eigenvalue weighted by molar-refractivity contribution is 7.98. The number of hydrogen-bond acceptors (Lipinski definition) is 3. The maximum absolute atomic E-state index is 11.1. The van der Waals surface area contributed by atoms with Gasteiger partial charge in [-0.1, -0.05) is 18.2 Å². The van der Waals surface area contributed by atoms with Crippen molar-refractivity contribution in [2.24, 2.45) is 4.40 Å². The Kier molecular flexibility index (Phi) is 3.51. The van der Waals surface area contributed by atoms with Gasteiger partial charge in [-0.25, -0.2) is 4.40 Å². The Morgan fingerprint density at radius 2 is 2.08 bits per heavy atom. The van der Waals surface area contributed by atoms with Gasteiger partial charge in [-0.3, -0.25) is 4.79 Å². The first-order valence-corrected chi connectivity index (χ1v) is 4.45. The van der Waals surface area contributed by atoms with E-state index in [9.17, 15) is 4.79 Å². The summed E-state index contributed by atoms with van der Waals surface area (Å²) < 4.78 is 3.94. The van der Waals surface area contributed by atoms with E-state index in [1.807, 2.05) is 24.3 Å². The predicted molar refractivity (Wildman–Crippen MR) is 56.8 cm³/mol. The highest BCUT2D eigenvalue weighted by Gasteiger charge is 2.09. The number of ketones is 1. The minimum atomic E-state index is 0. The van der Waals surface area contributed by atoms with Gasteiger partial charge in [0.05, 0.1) is 6.21 Å². The van der Waals surface area contributed by atoms with E-state index >= 15 is 0 Å². The van der Waals surface area contributed by atoms with Gasteiger partial charge < -0.3 is 0 Å². The number of rotatable bonds is 0. The second-order valence-electron chi connectivity index (χ2n) is 2.58. The molecule has 0 N–H and O–H groups in total. The number of carbonyl (C=O) groups is 1. The minimum Gasteiger partial charge on any atom is -0.293 e. The van der Waals surface area contributed by atoms with Gasteiger partial charge in [0.2, 0.25) is 0 Å². The third kappa shape index (κ3) is 2.32. The molecule has 1 aromatic rings. The molecule has 0 saturated carbocycles. The predicted octanol–water partition coefficient (Wildman–Crippen LogP) is 2.31. The van der Waals surface area contributed by atoms with Crippen molar-refractivity contribution < 1.29 is 4.79 Å². The van der Waals surface area contributed by atoms with E-state index in [0.717, 1.165) is 10.5 Å². The Labute approximate surface area is 87.0 Å². The van der Waals surface area contributed by atoms with Crippen molar-refractivity contribution in [1.82, 2.24) is 0 Å². The van der Waals surface area contributed by atoms with Gasteiger partial charge in [-0.2, -0.15) is 0 Å². The lowest BCUT2D eigenvalue weighted by atomic mass is 10.1. The Balaban J connectivity index is 0.000000845. The largest absolute Gasteiger partial charge is 0.293 e. The van der Waals surface area contributed by atoms with Gasteiger partial charge in [0.1, 0.15) is 0 Å². The molecule has 2 rings (SSSR count). The van der Waals surface area contributed by atoms with Crippen molar-refractivity contribution >= 4 is 36.4 Å². The van der Waals surface area contributed by atoms with Gasteiger partial charge in [-0.15, -0.1) is 12.4 Å². The normalized spacial score (nSPS) is 14.3. The molecule has 0 fully saturated rings. The second kappa shape index (κ2) is 4.44. The van der Waals surface area contributed by atoms with Crippen LogP contribution >= 0.6 is 24.4 Å². The fourth-order valence-electron chi connectivity index (χ4n) is 1.11. The van der Waals surface area contributed by atoms with Crippen LogP contribution in [0.4, 0.5) is 0 Å². The standard InChI is InChI=1S/C9H7NOS.ClH/c11-8-5-7-3-1-2-4-9(7)12-10-6-8;/h1-4,6H,5H2;1H. The third-order valence-corrected chi connectivity index (χ3v) is 2.49. The monoisotopic (exact) mass is 213 g/mol.